The molecule has 0 fully saturated rings. The van der Waals surface area contributed by atoms with Gasteiger partial charge in [-0.2, -0.15) is 4.08 Å². The molecular formula is C6H10Cl5O3PS. The van der Waals surface area contributed by atoms with Crippen molar-refractivity contribution in [3.05, 3.63) is 0 Å². The van der Waals surface area contributed by atoms with E-state index in [1.807, 2.05) is 0 Å². The van der Waals surface area contributed by atoms with Crippen LogP contribution in [0.5, 0.6) is 0 Å². The van der Waals surface area contributed by atoms with Gasteiger partial charge < -0.3 is 9.05 Å². The van der Waals surface area contributed by atoms with Crippen molar-refractivity contribution in [3.8, 4) is 0 Å². The molecule has 98 valence electrons. The van der Waals surface area contributed by atoms with Crippen LogP contribution in [0, 0.1) is 0 Å². The second-order valence-electron chi connectivity index (χ2n) is 2.54. The van der Waals surface area contributed by atoms with Gasteiger partial charge in [0.1, 0.15) is 9.67 Å². The van der Waals surface area contributed by atoms with Crippen molar-refractivity contribution >= 4 is 76.8 Å². The fraction of sp³-hybridized carbons (Fsp3) is 1.00. The minimum Gasteiger partial charge on any atom is -0.308 e. The highest BCUT2D eigenvalue weighted by Crippen LogP contribution is 2.51. The van der Waals surface area contributed by atoms with Crippen LogP contribution in [0.2, 0.25) is 0 Å². The van der Waals surface area contributed by atoms with Gasteiger partial charge in [-0.15, -0.1) is 46.4 Å². The number of hydrogen-bond acceptors (Lipinski definition) is 4. The molecule has 0 radical (unpaired) electrons. The molecule has 0 saturated carbocycles. The maximum atomic E-state index is 5.51. The maximum absolute atomic E-state index is 5.51. The van der Waals surface area contributed by atoms with Gasteiger partial charge in [0.05, 0.1) is 25.1 Å². The van der Waals surface area contributed by atoms with Crippen LogP contribution in [0.3, 0.4) is 0 Å². The van der Waals surface area contributed by atoms with Crippen LogP contribution >= 0.6 is 65.0 Å². The normalized spacial score (nSPS) is 12.7. The van der Waals surface area contributed by atoms with E-state index in [0.29, 0.717) is 12.8 Å². The zero-order chi connectivity index (χ0) is 12.6. The maximum Gasteiger partial charge on any atom is 0.343 e. The first-order valence-corrected chi connectivity index (χ1v) is 8.76. The molecule has 0 saturated heterocycles. The minimum atomic E-state index is -2.95. The fourth-order valence-electron chi connectivity index (χ4n) is 0.584. The highest BCUT2D eigenvalue weighted by Gasteiger charge is 2.21. The van der Waals surface area contributed by atoms with E-state index in [-0.39, 0.29) is 13.2 Å². The summed E-state index contributed by atoms with van der Waals surface area (Å²) in [4.78, 5) is -1.07. The summed E-state index contributed by atoms with van der Waals surface area (Å²) >= 11 is 32.2. The molecule has 0 rings (SSSR count). The van der Waals surface area contributed by atoms with Gasteiger partial charge in [0.25, 0.3) is 0 Å². The molecule has 0 bridgehead atoms. The van der Waals surface area contributed by atoms with Crippen LogP contribution in [-0.2, 0) is 24.9 Å². The lowest BCUT2D eigenvalue weighted by Crippen LogP contribution is -2.03. The first-order valence-electron chi connectivity index (χ1n) is 4.15. The lowest BCUT2D eigenvalue weighted by atomic mass is 10.5. The third kappa shape index (κ3) is 9.95. The Labute approximate surface area is 125 Å². The second kappa shape index (κ2) is 9.85. The second-order valence-corrected chi connectivity index (χ2v) is 8.40. The third-order valence-corrected chi connectivity index (χ3v) is 4.94. The number of hydrogen-bond donors (Lipinski definition) is 0. The molecule has 0 atom stereocenters. The molecule has 0 N–H and O–H groups in total. The van der Waals surface area contributed by atoms with E-state index in [1.165, 1.54) is 0 Å². The summed E-state index contributed by atoms with van der Waals surface area (Å²) < 4.78 is 14.8. The Bertz CT molecular complexity index is 212. The van der Waals surface area contributed by atoms with Crippen molar-refractivity contribution in [1.82, 2.24) is 0 Å². The van der Waals surface area contributed by atoms with E-state index in [9.17, 15) is 0 Å². The lowest BCUT2D eigenvalue weighted by molar-refractivity contribution is 0.205. The Hall–Kier alpha value is 1.98. The summed E-state index contributed by atoms with van der Waals surface area (Å²) in [6.45, 7) is -2.55. The first-order chi connectivity index (χ1) is 7.39. The quantitative estimate of drug-likeness (QED) is 0.430. The molecule has 0 aromatic carbocycles. The largest absolute Gasteiger partial charge is 0.343 e. The van der Waals surface area contributed by atoms with Crippen LogP contribution in [0.25, 0.3) is 0 Å². The SMILES string of the molecule is S=P(OCl)(OCCC(Cl)Cl)OCCC(Cl)Cl. The standard InChI is InChI=1S/C6H10Cl5O3PS/c7-5(8)1-3-12-15(16,14-11)13-4-2-6(9)10/h5-6H,1-4H2. The predicted octanol–water partition coefficient (Wildman–Crippen LogP) is 4.80. The van der Waals surface area contributed by atoms with Crippen molar-refractivity contribution < 1.29 is 13.1 Å². The van der Waals surface area contributed by atoms with E-state index in [1.54, 1.807) is 0 Å². The average Bonchev–Trinajstić information content (AvgIpc) is 2.16. The minimum absolute atomic E-state index is 0.201. The van der Waals surface area contributed by atoms with Crippen molar-refractivity contribution in [2.45, 2.75) is 22.5 Å². The van der Waals surface area contributed by atoms with Gasteiger partial charge in [-0.25, -0.2) is 0 Å². The highest BCUT2D eigenvalue weighted by atomic mass is 35.5. The summed E-state index contributed by atoms with van der Waals surface area (Å²) in [5, 5.41) is 0. The van der Waals surface area contributed by atoms with Gasteiger partial charge >= 0.3 is 6.72 Å². The fourth-order valence-corrected chi connectivity index (χ4v) is 2.44. The van der Waals surface area contributed by atoms with Crippen LogP contribution in [-0.4, -0.2) is 22.9 Å². The number of halogens is 5. The molecule has 0 aliphatic carbocycles. The van der Waals surface area contributed by atoms with Gasteiger partial charge in [-0.3, -0.25) is 0 Å². The van der Waals surface area contributed by atoms with Crippen molar-refractivity contribution in [3.63, 3.8) is 0 Å². The zero-order valence-corrected chi connectivity index (χ0v) is 13.4. The molecular weight excluding hydrogens is 360 g/mol. The van der Waals surface area contributed by atoms with Gasteiger partial charge in [0.15, 0.2) is 0 Å². The number of rotatable bonds is 9. The Morgan fingerprint density at radius 2 is 1.31 bits per heavy atom. The van der Waals surface area contributed by atoms with E-state index in [0.717, 1.165) is 0 Å². The van der Waals surface area contributed by atoms with E-state index in [2.05, 4.69) is 4.08 Å². The molecule has 0 unspecified atom stereocenters. The van der Waals surface area contributed by atoms with Crippen molar-refractivity contribution in [1.29, 1.82) is 0 Å². The predicted molar refractivity (Wildman–Crippen MR) is 73.3 cm³/mol. The van der Waals surface area contributed by atoms with Crippen LogP contribution in [0.1, 0.15) is 12.8 Å². The van der Waals surface area contributed by atoms with Gasteiger partial charge in [0, 0.05) is 12.8 Å². The van der Waals surface area contributed by atoms with E-state index < -0.39 is 16.4 Å². The first kappa shape index (κ1) is 18.0. The average molecular weight is 370 g/mol. The topological polar surface area (TPSA) is 27.7 Å². The van der Waals surface area contributed by atoms with E-state index in [4.69, 9.17) is 79.1 Å². The van der Waals surface area contributed by atoms with Crippen LogP contribution in [0.4, 0.5) is 0 Å². The monoisotopic (exact) mass is 368 g/mol. The van der Waals surface area contributed by atoms with Crippen molar-refractivity contribution in [2.75, 3.05) is 13.2 Å². The number of alkyl halides is 4. The molecule has 0 amide bonds. The molecule has 0 aromatic rings. The highest BCUT2D eigenvalue weighted by molar-refractivity contribution is 8.07. The Morgan fingerprint density at radius 1 is 0.938 bits per heavy atom. The third-order valence-electron chi connectivity index (χ3n) is 1.26. The smallest absolute Gasteiger partial charge is 0.308 e. The zero-order valence-electron chi connectivity index (χ0n) is 7.95. The van der Waals surface area contributed by atoms with Crippen LogP contribution in [0.15, 0.2) is 0 Å². The summed E-state index contributed by atoms with van der Waals surface area (Å²) in [5.74, 6) is 0. The molecule has 0 aliphatic rings. The summed E-state index contributed by atoms with van der Waals surface area (Å²) in [5.41, 5.74) is 0. The summed E-state index contributed by atoms with van der Waals surface area (Å²) in [7, 11) is 0. The van der Waals surface area contributed by atoms with Gasteiger partial charge in [-0.05, 0) is 11.8 Å². The Morgan fingerprint density at radius 3 is 1.56 bits per heavy atom. The van der Waals surface area contributed by atoms with Crippen LogP contribution < -0.4 is 0 Å². The molecule has 16 heavy (non-hydrogen) atoms. The van der Waals surface area contributed by atoms with Crippen molar-refractivity contribution in [2.24, 2.45) is 0 Å². The summed E-state index contributed by atoms with van der Waals surface area (Å²) in [6.07, 6.45) is 0.803. The summed E-state index contributed by atoms with van der Waals surface area (Å²) in [6, 6.07) is 0. The molecule has 0 heterocycles. The molecule has 10 heteroatoms. The van der Waals surface area contributed by atoms with E-state index >= 15 is 0 Å². The Balaban J connectivity index is 3.86. The molecule has 3 nitrogen and oxygen atoms in total. The lowest BCUT2D eigenvalue weighted by Gasteiger charge is -2.18. The molecule has 0 aromatic heterocycles. The van der Waals surface area contributed by atoms with Gasteiger partial charge in [-0.1, -0.05) is 0 Å². The molecule has 0 aliphatic heterocycles. The molecule has 0 spiro atoms. The van der Waals surface area contributed by atoms with Gasteiger partial charge in [0.2, 0.25) is 0 Å². The Kier molecular flexibility index (Phi) is 11.1.